The van der Waals surface area contributed by atoms with Crippen molar-refractivity contribution in [3.05, 3.63) is 12.4 Å². The smallest absolute Gasteiger partial charge is 0.239 e. The maximum Gasteiger partial charge on any atom is 0.239 e. The summed E-state index contributed by atoms with van der Waals surface area (Å²) in [7, 11) is 0. The van der Waals surface area contributed by atoms with Crippen LogP contribution in [0.2, 0.25) is 0 Å². The van der Waals surface area contributed by atoms with E-state index in [2.05, 4.69) is 20.6 Å². The van der Waals surface area contributed by atoms with E-state index < -0.39 is 0 Å². The summed E-state index contributed by atoms with van der Waals surface area (Å²) >= 11 is 0. The van der Waals surface area contributed by atoms with Gasteiger partial charge in [-0.05, 0) is 19.3 Å². The first-order valence-corrected chi connectivity index (χ1v) is 6.26. The number of carbonyl (C=O) groups is 1. The van der Waals surface area contributed by atoms with Crippen LogP contribution in [0.15, 0.2) is 12.4 Å². The third-order valence-electron chi connectivity index (χ3n) is 2.47. The molecule has 0 unspecified atom stereocenters. The van der Waals surface area contributed by atoms with Gasteiger partial charge in [0, 0.05) is 12.1 Å². The fraction of sp³-hybridized carbons (Fsp3) is 0.583. The fourth-order valence-corrected chi connectivity index (χ4v) is 1.40. The molecule has 6 heteroatoms. The van der Waals surface area contributed by atoms with E-state index in [9.17, 15) is 4.79 Å². The van der Waals surface area contributed by atoms with E-state index in [1.54, 1.807) is 6.07 Å². The molecular weight excluding hydrogens is 232 g/mol. The summed E-state index contributed by atoms with van der Waals surface area (Å²) in [4.78, 5) is 19.5. The highest BCUT2D eigenvalue weighted by Crippen LogP contribution is 2.18. The van der Waals surface area contributed by atoms with Crippen LogP contribution in [0.4, 0.5) is 5.82 Å². The number of nitrogens with one attached hydrogen (secondary N) is 2. The predicted molar refractivity (Wildman–Crippen MR) is 67.5 cm³/mol. The number of amides is 1. The second-order valence-electron chi connectivity index (χ2n) is 4.29. The summed E-state index contributed by atoms with van der Waals surface area (Å²) < 4.78 is 5.39. The molecule has 0 saturated heterocycles. The van der Waals surface area contributed by atoms with E-state index in [4.69, 9.17) is 4.74 Å². The number of hydrogen-bond acceptors (Lipinski definition) is 5. The first-order chi connectivity index (χ1) is 8.78. The SMILES string of the molecule is CCCOc1cc(NCC(=O)NC2CC2)ncn1. The maximum absolute atomic E-state index is 11.5. The molecule has 0 bridgehead atoms. The fourth-order valence-electron chi connectivity index (χ4n) is 1.40. The van der Waals surface area contributed by atoms with E-state index in [1.165, 1.54) is 6.33 Å². The Hall–Kier alpha value is -1.85. The molecule has 6 nitrogen and oxygen atoms in total. The number of anilines is 1. The van der Waals surface area contributed by atoms with E-state index >= 15 is 0 Å². The Bertz CT molecular complexity index is 407. The van der Waals surface area contributed by atoms with Crippen LogP contribution < -0.4 is 15.4 Å². The standard InChI is InChI=1S/C12H18N4O2/c1-2-5-18-12-6-10(14-8-15-12)13-7-11(17)16-9-3-4-9/h6,8-9H,2-5,7H2,1H3,(H,16,17)(H,13,14,15). The van der Waals surface area contributed by atoms with Crippen molar-refractivity contribution in [2.45, 2.75) is 32.2 Å². The summed E-state index contributed by atoms with van der Waals surface area (Å²) in [5.74, 6) is 1.12. The van der Waals surface area contributed by atoms with E-state index in [-0.39, 0.29) is 12.5 Å². The Balaban J connectivity index is 1.78. The van der Waals surface area contributed by atoms with Crippen LogP contribution >= 0.6 is 0 Å². The van der Waals surface area contributed by atoms with Crippen LogP contribution in [-0.2, 0) is 4.79 Å². The van der Waals surface area contributed by atoms with Crippen molar-refractivity contribution >= 4 is 11.7 Å². The van der Waals surface area contributed by atoms with E-state index in [0.717, 1.165) is 19.3 Å². The molecule has 18 heavy (non-hydrogen) atoms. The Kier molecular flexibility index (Phi) is 4.33. The van der Waals surface area contributed by atoms with Crippen LogP contribution in [0.5, 0.6) is 5.88 Å². The lowest BCUT2D eigenvalue weighted by atomic mass is 10.5. The van der Waals surface area contributed by atoms with Gasteiger partial charge in [-0.1, -0.05) is 6.92 Å². The summed E-state index contributed by atoms with van der Waals surface area (Å²) in [6.45, 7) is 2.88. The Morgan fingerprint density at radius 3 is 3.06 bits per heavy atom. The summed E-state index contributed by atoms with van der Waals surface area (Å²) in [5, 5.41) is 5.85. The van der Waals surface area contributed by atoms with E-state index in [1.807, 2.05) is 6.92 Å². The van der Waals surface area contributed by atoms with Crippen LogP contribution in [0.25, 0.3) is 0 Å². The van der Waals surface area contributed by atoms with Gasteiger partial charge < -0.3 is 15.4 Å². The molecular formula is C12H18N4O2. The van der Waals surface area contributed by atoms with Gasteiger partial charge in [-0.25, -0.2) is 9.97 Å². The van der Waals surface area contributed by atoms with Crippen LogP contribution in [-0.4, -0.2) is 35.1 Å². The summed E-state index contributed by atoms with van der Waals surface area (Å²) in [5.41, 5.74) is 0. The third-order valence-corrected chi connectivity index (χ3v) is 2.47. The van der Waals surface area contributed by atoms with Gasteiger partial charge in [0.1, 0.15) is 12.1 Å². The molecule has 1 fully saturated rings. The first-order valence-electron chi connectivity index (χ1n) is 6.26. The van der Waals surface area contributed by atoms with Crippen LogP contribution in [0.3, 0.4) is 0 Å². The number of rotatable bonds is 7. The van der Waals surface area contributed by atoms with Crippen molar-refractivity contribution in [3.8, 4) is 5.88 Å². The molecule has 1 aliphatic carbocycles. The molecule has 0 aliphatic heterocycles. The lowest BCUT2D eigenvalue weighted by Gasteiger charge is -2.07. The zero-order chi connectivity index (χ0) is 12.8. The molecule has 0 atom stereocenters. The van der Waals surface area contributed by atoms with Crippen molar-refractivity contribution in [3.63, 3.8) is 0 Å². The Morgan fingerprint density at radius 1 is 1.50 bits per heavy atom. The second kappa shape index (κ2) is 6.18. The average molecular weight is 250 g/mol. The third kappa shape index (κ3) is 4.20. The predicted octanol–water partition coefficient (Wildman–Crippen LogP) is 0.956. The minimum absolute atomic E-state index is 0.00728. The monoisotopic (exact) mass is 250 g/mol. The summed E-state index contributed by atoms with van der Waals surface area (Å²) in [6.07, 6.45) is 4.53. The second-order valence-corrected chi connectivity index (χ2v) is 4.29. The lowest BCUT2D eigenvalue weighted by Crippen LogP contribution is -2.31. The minimum atomic E-state index is -0.00728. The number of carbonyl (C=O) groups excluding carboxylic acids is 1. The van der Waals surface area contributed by atoms with E-state index in [0.29, 0.717) is 24.3 Å². The number of hydrogen-bond donors (Lipinski definition) is 2. The molecule has 1 aromatic rings. The highest BCUT2D eigenvalue weighted by Gasteiger charge is 2.22. The van der Waals surface area contributed by atoms with Gasteiger partial charge in [-0.2, -0.15) is 0 Å². The topological polar surface area (TPSA) is 76.1 Å². The molecule has 1 amide bonds. The zero-order valence-corrected chi connectivity index (χ0v) is 10.5. The highest BCUT2D eigenvalue weighted by atomic mass is 16.5. The first kappa shape index (κ1) is 12.6. The molecule has 0 radical (unpaired) electrons. The molecule has 98 valence electrons. The van der Waals surface area contributed by atoms with Crippen molar-refractivity contribution < 1.29 is 9.53 Å². The lowest BCUT2D eigenvalue weighted by molar-refractivity contribution is -0.119. The molecule has 2 N–H and O–H groups in total. The van der Waals surface area contributed by atoms with Crippen molar-refractivity contribution in [1.82, 2.24) is 15.3 Å². The van der Waals surface area contributed by atoms with Gasteiger partial charge in [0.25, 0.3) is 0 Å². The number of aromatic nitrogens is 2. The molecule has 1 aliphatic rings. The quantitative estimate of drug-likeness (QED) is 0.753. The molecule has 1 saturated carbocycles. The molecule has 2 rings (SSSR count). The molecule has 0 spiro atoms. The zero-order valence-electron chi connectivity index (χ0n) is 10.5. The van der Waals surface area contributed by atoms with Gasteiger partial charge in [-0.3, -0.25) is 4.79 Å². The summed E-state index contributed by atoms with van der Waals surface area (Å²) in [6, 6.07) is 2.08. The highest BCUT2D eigenvalue weighted by molar-refractivity contribution is 5.80. The molecule has 1 heterocycles. The average Bonchev–Trinajstić information content (AvgIpc) is 3.18. The van der Waals surface area contributed by atoms with Crippen molar-refractivity contribution in [1.29, 1.82) is 0 Å². The van der Waals surface area contributed by atoms with Crippen molar-refractivity contribution in [2.24, 2.45) is 0 Å². The van der Waals surface area contributed by atoms with Crippen LogP contribution in [0.1, 0.15) is 26.2 Å². The van der Waals surface area contributed by atoms with Gasteiger partial charge in [-0.15, -0.1) is 0 Å². The largest absolute Gasteiger partial charge is 0.478 e. The normalized spacial score (nSPS) is 14.1. The molecule has 1 aromatic heterocycles. The van der Waals surface area contributed by atoms with Crippen molar-refractivity contribution in [2.75, 3.05) is 18.5 Å². The van der Waals surface area contributed by atoms with Gasteiger partial charge in [0.2, 0.25) is 11.8 Å². The van der Waals surface area contributed by atoms with Crippen LogP contribution in [0, 0.1) is 0 Å². The van der Waals surface area contributed by atoms with Gasteiger partial charge in [0.05, 0.1) is 13.2 Å². The number of nitrogens with zero attached hydrogens (tertiary/aromatic N) is 2. The van der Waals surface area contributed by atoms with Gasteiger partial charge in [0.15, 0.2) is 0 Å². The van der Waals surface area contributed by atoms with Gasteiger partial charge >= 0.3 is 0 Å². The minimum Gasteiger partial charge on any atom is -0.478 e. The molecule has 0 aromatic carbocycles. The maximum atomic E-state index is 11.5. The Morgan fingerprint density at radius 2 is 2.33 bits per heavy atom. The Labute approximate surface area is 106 Å². The number of ether oxygens (including phenoxy) is 1.